The van der Waals surface area contributed by atoms with E-state index in [0.717, 1.165) is 30.0 Å². The van der Waals surface area contributed by atoms with Crippen LogP contribution in [0, 0.1) is 0 Å². The van der Waals surface area contributed by atoms with Gasteiger partial charge in [0.05, 0.1) is 11.4 Å². The fraction of sp³-hybridized carbons (Fsp3) is 0.261. The molecular formula is C23H24N4O2S. The first-order valence-corrected chi connectivity index (χ1v) is 10.9. The number of amides is 2. The third kappa shape index (κ3) is 4.58. The lowest BCUT2D eigenvalue weighted by Crippen LogP contribution is -2.48. The average molecular weight is 421 g/mol. The van der Waals surface area contributed by atoms with Gasteiger partial charge in [0, 0.05) is 50.6 Å². The summed E-state index contributed by atoms with van der Waals surface area (Å²) in [6, 6.07) is 19.0. The van der Waals surface area contributed by atoms with E-state index in [4.69, 9.17) is 4.98 Å². The maximum atomic E-state index is 12.6. The van der Waals surface area contributed by atoms with E-state index in [0.29, 0.717) is 24.8 Å². The molecule has 2 heterocycles. The summed E-state index contributed by atoms with van der Waals surface area (Å²) in [5, 5.41) is 2.69. The van der Waals surface area contributed by atoms with Crippen molar-refractivity contribution in [1.29, 1.82) is 0 Å². The first-order chi connectivity index (χ1) is 14.6. The number of carbonyl (C=O) groups is 2. The van der Waals surface area contributed by atoms with Crippen LogP contribution in [0.2, 0.25) is 0 Å². The monoisotopic (exact) mass is 420 g/mol. The van der Waals surface area contributed by atoms with Crippen LogP contribution in [-0.4, -0.2) is 52.8 Å². The lowest BCUT2D eigenvalue weighted by molar-refractivity contribution is -0.115. The highest BCUT2D eigenvalue weighted by atomic mass is 32.1. The van der Waals surface area contributed by atoms with Crippen molar-refractivity contribution in [2.45, 2.75) is 13.5 Å². The van der Waals surface area contributed by atoms with Crippen molar-refractivity contribution in [3.8, 4) is 0 Å². The number of hydrogen-bond donors (Lipinski definition) is 0. The second kappa shape index (κ2) is 9.19. The second-order valence-corrected chi connectivity index (χ2v) is 8.08. The minimum absolute atomic E-state index is 0.0601. The molecule has 1 saturated heterocycles. The molecule has 0 saturated carbocycles. The zero-order chi connectivity index (χ0) is 20.9. The topological polar surface area (TPSA) is 56.8 Å². The third-order valence-corrected chi connectivity index (χ3v) is 6.00. The van der Waals surface area contributed by atoms with Crippen LogP contribution >= 0.6 is 11.3 Å². The van der Waals surface area contributed by atoms with Crippen molar-refractivity contribution in [2.75, 3.05) is 31.1 Å². The first-order valence-electron chi connectivity index (χ1n) is 9.98. The second-order valence-electron chi connectivity index (χ2n) is 7.25. The Morgan fingerprint density at radius 1 is 0.967 bits per heavy atom. The standard InChI is InChI=1S/C23H24N4O2S/c1-18(28)27(21-10-6-3-7-11-21)23-24-20(17-30-23)16-25-12-14-26(15-13-25)22(29)19-8-4-2-5-9-19/h2-11,17H,12-16H2,1H3. The zero-order valence-corrected chi connectivity index (χ0v) is 17.7. The van der Waals surface area contributed by atoms with Crippen LogP contribution in [0.5, 0.6) is 0 Å². The van der Waals surface area contributed by atoms with E-state index in [1.807, 2.05) is 70.9 Å². The van der Waals surface area contributed by atoms with Gasteiger partial charge in [-0.15, -0.1) is 11.3 Å². The maximum absolute atomic E-state index is 12.6. The summed E-state index contributed by atoms with van der Waals surface area (Å²) in [6.45, 7) is 5.28. The maximum Gasteiger partial charge on any atom is 0.253 e. The van der Waals surface area contributed by atoms with Gasteiger partial charge in [0.2, 0.25) is 5.91 Å². The molecule has 2 amide bonds. The average Bonchev–Trinajstić information content (AvgIpc) is 3.22. The van der Waals surface area contributed by atoms with Gasteiger partial charge in [0.25, 0.3) is 5.91 Å². The summed E-state index contributed by atoms with van der Waals surface area (Å²) in [5.74, 6) is 0.0290. The van der Waals surface area contributed by atoms with Crippen LogP contribution in [0.1, 0.15) is 23.0 Å². The first kappa shape index (κ1) is 20.3. The van der Waals surface area contributed by atoms with Crippen molar-refractivity contribution >= 4 is 34.0 Å². The molecule has 0 bridgehead atoms. The molecule has 4 rings (SSSR count). The Balaban J connectivity index is 1.37. The van der Waals surface area contributed by atoms with Crippen LogP contribution in [0.3, 0.4) is 0 Å². The molecule has 0 atom stereocenters. The summed E-state index contributed by atoms with van der Waals surface area (Å²) in [4.78, 5) is 35.4. The molecule has 7 heteroatoms. The van der Waals surface area contributed by atoms with Gasteiger partial charge >= 0.3 is 0 Å². The highest BCUT2D eigenvalue weighted by Gasteiger charge is 2.23. The summed E-state index contributed by atoms with van der Waals surface area (Å²) in [7, 11) is 0. The van der Waals surface area contributed by atoms with Crippen LogP contribution in [0.15, 0.2) is 66.0 Å². The number of piperazine rings is 1. The third-order valence-electron chi connectivity index (χ3n) is 5.13. The number of nitrogens with zero attached hydrogens (tertiary/aromatic N) is 4. The molecule has 3 aromatic rings. The molecule has 1 aromatic heterocycles. The molecule has 0 radical (unpaired) electrons. The Bertz CT molecular complexity index is 998. The predicted molar refractivity (Wildman–Crippen MR) is 119 cm³/mol. The summed E-state index contributed by atoms with van der Waals surface area (Å²) in [5.41, 5.74) is 2.50. The number of hydrogen-bond acceptors (Lipinski definition) is 5. The highest BCUT2D eigenvalue weighted by molar-refractivity contribution is 7.14. The Kier molecular flexibility index (Phi) is 6.21. The van der Waals surface area contributed by atoms with E-state index in [1.54, 1.807) is 11.8 Å². The smallest absolute Gasteiger partial charge is 0.253 e. The number of benzene rings is 2. The van der Waals surface area contributed by atoms with Crippen LogP contribution < -0.4 is 4.90 Å². The SMILES string of the molecule is CC(=O)N(c1ccccc1)c1nc(CN2CCN(C(=O)c3ccccc3)CC2)cs1. The van der Waals surface area contributed by atoms with E-state index in [1.165, 1.54) is 11.3 Å². The fourth-order valence-electron chi connectivity index (χ4n) is 3.58. The molecule has 30 heavy (non-hydrogen) atoms. The number of anilines is 2. The largest absolute Gasteiger partial charge is 0.336 e. The molecule has 154 valence electrons. The molecule has 1 fully saturated rings. The zero-order valence-electron chi connectivity index (χ0n) is 16.9. The number of rotatable bonds is 5. The summed E-state index contributed by atoms with van der Waals surface area (Å²) >= 11 is 1.47. The molecule has 0 spiro atoms. The van der Waals surface area contributed by atoms with Crippen molar-refractivity contribution in [3.05, 3.63) is 77.3 Å². The van der Waals surface area contributed by atoms with Gasteiger partial charge in [-0.3, -0.25) is 19.4 Å². The van der Waals surface area contributed by atoms with Gasteiger partial charge < -0.3 is 4.90 Å². The van der Waals surface area contributed by atoms with Crippen molar-refractivity contribution in [2.24, 2.45) is 0 Å². The van der Waals surface area contributed by atoms with Gasteiger partial charge in [-0.2, -0.15) is 0 Å². The van der Waals surface area contributed by atoms with Gasteiger partial charge in [0.15, 0.2) is 5.13 Å². The van der Waals surface area contributed by atoms with Gasteiger partial charge in [-0.1, -0.05) is 36.4 Å². The molecule has 0 aliphatic carbocycles. The number of thiazole rings is 1. The Labute approximate surface area is 180 Å². The van der Waals surface area contributed by atoms with Crippen LogP contribution in [0.4, 0.5) is 10.8 Å². The van der Waals surface area contributed by atoms with Crippen LogP contribution in [-0.2, 0) is 11.3 Å². The fourth-order valence-corrected chi connectivity index (χ4v) is 4.46. The number of carbonyl (C=O) groups excluding carboxylic acids is 2. The highest BCUT2D eigenvalue weighted by Crippen LogP contribution is 2.29. The van der Waals surface area contributed by atoms with E-state index in [-0.39, 0.29) is 11.8 Å². The molecule has 0 N–H and O–H groups in total. The number of para-hydroxylation sites is 1. The van der Waals surface area contributed by atoms with E-state index < -0.39 is 0 Å². The Morgan fingerprint density at radius 2 is 1.60 bits per heavy atom. The molecular weight excluding hydrogens is 396 g/mol. The predicted octanol–water partition coefficient (Wildman–Crippen LogP) is 3.79. The van der Waals surface area contributed by atoms with Gasteiger partial charge in [0.1, 0.15) is 0 Å². The minimum atomic E-state index is -0.0601. The quantitative estimate of drug-likeness (QED) is 0.630. The van der Waals surface area contributed by atoms with Crippen molar-refractivity contribution in [1.82, 2.24) is 14.8 Å². The molecule has 1 aliphatic rings. The van der Waals surface area contributed by atoms with E-state index >= 15 is 0 Å². The van der Waals surface area contributed by atoms with Gasteiger partial charge in [-0.25, -0.2) is 4.98 Å². The molecule has 1 aliphatic heterocycles. The Hall–Kier alpha value is -3.03. The minimum Gasteiger partial charge on any atom is -0.336 e. The van der Waals surface area contributed by atoms with E-state index in [2.05, 4.69) is 4.90 Å². The molecule has 2 aromatic carbocycles. The molecule has 6 nitrogen and oxygen atoms in total. The number of aromatic nitrogens is 1. The van der Waals surface area contributed by atoms with Crippen molar-refractivity contribution in [3.63, 3.8) is 0 Å². The normalized spacial score (nSPS) is 14.5. The lowest BCUT2D eigenvalue weighted by Gasteiger charge is -2.34. The van der Waals surface area contributed by atoms with Gasteiger partial charge in [-0.05, 0) is 24.3 Å². The summed E-state index contributed by atoms with van der Waals surface area (Å²) in [6.07, 6.45) is 0. The van der Waals surface area contributed by atoms with Crippen molar-refractivity contribution < 1.29 is 9.59 Å². The lowest BCUT2D eigenvalue weighted by atomic mass is 10.2. The summed E-state index contributed by atoms with van der Waals surface area (Å²) < 4.78 is 0. The van der Waals surface area contributed by atoms with E-state index in [9.17, 15) is 9.59 Å². The Morgan fingerprint density at radius 3 is 2.23 bits per heavy atom. The molecule has 0 unspecified atom stereocenters. The van der Waals surface area contributed by atoms with Crippen LogP contribution in [0.25, 0.3) is 0 Å².